The highest BCUT2D eigenvalue weighted by Gasteiger charge is 2.57. The van der Waals surface area contributed by atoms with Gasteiger partial charge in [-0.2, -0.15) is 15.8 Å². The lowest BCUT2D eigenvalue weighted by Crippen LogP contribution is -2.48. The van der Waals surface area contributed by atoms with E-state index >= 15 is 0 Å². The van der Waals surface area contributed by atoms with E-state index in [9.17, 15) is 20.2 Å². The number of nitriles is 3. The van der Waals surface area contributed by atoms with Gasteiger partial charge in [0.2, 0.25) is 0 Å². The van der Waals surface area contributed by atoms with E-state index in [0.29, 0.717) is 5.56 Å². The molecular formula is C19H15FN4. The zero-order chi connectivity index (χ0) is 17.3. The average molecular weight is 318 g/mol. The van der Waals surface area contributed by atoms with Gasteiger partial charge >= 0.3 is 0 Å². The third kappa shape index (κ3) is 2.12. The molecule has 0 radical (unpaired) electrons. The monoisotopic (exact) mass is 318 g/mol. The van der Waals surface area contributed by atoms with Gasteiger partial charge in [0.25, 0.3) is 0 Å². The fourth-order valence-corrected chi connectivity index (χ4v) is 4.06. The van der Waals surface area contributed by atoms with Gasteiger partial charge in [0.1, 0.15) is 11.7 Å². The van der Waals surface area contributed by atoms with Gasteiger partial charge in [0.15, 0.2) is 5.41 Å². The third-order valence-corrected chi connectivity index (χ3v) is 5.15. The predicted octanol–water partition coefficient (Wildman–Crippen LogP) is 3.84. The van der Waals surface area contributed by atoms with Crippen LogP contribution in [0.2, 0.25) is 0 Å². The van der Waals surface area contributed by atoms with Crippen molar-refractivity contribution >= 4 is 5.71 Å². The molecule has 5 heteroatoms. The van der Waals surface area contributed by atoms with Crippen molar-refractivity contribution in [3.8, 4) is 18.2 Å². The van der Waals surface area contributed by atoms with Crippen LogP contribution >= 0.6 is 0 Å². The maximum absolute atomic E-state index is 13.3. The summed E-state index contributed by atoms with van der Waals surface area (Å²) in [5.74, 6) is -1.93. The van der Waals surface area contributed by atoms with Crippen LogP contribution in [0.15, 0.2) is 35.9 Å². The molecule has 118 valence electrons. The van der Waals surface area contributed by atoms with E-state index in [1.54, 1.807) is 12.1 Å². The van der Waals surface area contributed by atoms with Crippen LogP contribution in [0.25, 0.3) is 0 Å². The highest BCUT2D eigenvalue weighted by molar-refractivity contribution is 6.00. The zero-order valence-electron chi connectivity index (χ0n) is 13.0. The Balaban J connectivity index is 2.24. The number of hydrogen-bond donors (Lipinski definition) is 1. The van der Waals surface area contributed by atoms with Gasteiger partial charge in [-0.3, -0.25) is 0 Å². The van der Waals surface area contributed by atoms with E-state index in [-0.39, 0.29) is 11.6 Å². The molecule has 0 unspecified atom stereocenters. The number of halogens is 1. The summed E-state index contributed by atoms with van der Waals surface area (Å²) in [6, 6.07) is 11.9. The molecule has 24 heavy (non-hydrogen) atoms. The number of allylic oxidation sites excluding steroid dienone is 2. The maximum atomic E-state index is 13.3. The van der Waals surface area contributed by atoms with Crippen molar-refractivity contribution < 1.29 is 4.39 Å². The summed E-state index contributed by atoms with van der Waals surface area (Å²) in [6.45, 7) is 0. The van der Waals surface area contributed by atoms with Crippen molar-refractivity contribution in [2.24, 2.45) is 17.3 Å². The predicted molar refractivity (Wildman–Crippen MR) is 85.1 cm³/mol. The summed E-state index contributed by atoms with van der Waals surface area (Å²) in [5, 5.41) is 37.5. The smallest absolute Gasteiger partial charge is 0.189 e. The summed E-state index contributed by atoms with van der Waals surface area (Å²) >= 11 is 0. The maximum Gasteiger partial charge on any atom is 0.189 e. The Morgan fingerprint density at radius 1 is 1.12 bits per heavy atom. The van der Waals surface area contributed by atoms with E-state index in [2.05, 4.69) is 6.07 Å². The average Bonchev–Trinajstić information content (AvgIpc) is 2.62. The number of benzene rings is 1. The number of fused-ring (bicyclic) bond motifs is 1. The van der Waals surface area contributed by atoms with E-state index in [1.807, 2.05) is 18.2 Å². The molecule has 0 amide bonds. The zero-order valence-corrected chi connectivity index (χ0v) is 13.0. The molecule has 3 atom stereocenters. The Morgan fingerprint density at radius 3 is 2.38 bits per heavy atom. The second-order valence-corrected chi connectivity index (χ2v) is 6.28. The fourth-order valence-electron chi connectivity index (χ4n) is 4.06. The first-order valence-electron chi connectivity index (χ1n) is 7.85. The van der Waals surface area contributed by atoms with Gasteiger partial charge in [0.05, 0.1) is 23.9 Å². The molecular weight excluding hydrogens is 303 g/mol. The van der Waals surface area contributed by atoms with Crippen molar-refractivity contribution in [2.45, 2.75) is 25.2 Å². The van der Waals surface area contributed by atoms with Crippen LogP contribution < -0.4 is 0 Å². The molecule has 0 bridgehead atoms. The molecule has 1 saturated carbocycles. The molecule has 0 aliphatic heterocycles. The van der Waals surface area contributed by atoms with Gasteiger partial charge in [-0.25, -0.2) is 4.39 Å². The minimum absolute atomic E-state index is 0.151. The first kappa shape index (κ1) is 15.9. The molecule has 0 spiro atoms. The van der Waals surface area contributed by atoms with Crippen molar-refractivity contribution in [3.63, 3.8) is 0 Å². The van der Waals surface area contributed by atoms with E-state index in [0.717, 1.165) is 24.8 Å². The van der Waals surface area contributed by atoms with Gasteiger partial charge in [-0.05, 0) is 48.4 Å². The second-order valence-electron chi connectivity index (χ2n) is 6.28. The van der Waals surface area contributed by atoms with Crippen LogP contribution in [0.3, 0.4) is 0 Å². The summed E-state index contributed by atoms with van der Waals surface area (Å²) in [6.07, 6.45) is 4.47. The standard InChI is InChI=1S/C19H15FN4/c20-13-7-5-12(6-8-13)17-15-4-2-1-3-14(15)16(9-21)18(24)19(17,10-22)11-23/h3,5-8,15-17,24H,1-2,4H2/t15-,16+,17-/m1/s1. The molecule has 4 nitrogen and oxygen atoms in total. The SMILES string of the molecule is N#C[C@@H]1C(=N)C(C#N)(C#N)[C@H](c2ccc(F)cc2)[C@@H]2CCCC=C12. The Bertz CT molecular complexity index is 818. The van der Waals surface area contributed by atoms with Gasteiger partial charge < -0.3 is 5.41 Å². The quantitative estimate of drug-likeness (QED) is 0.797. The Kier molecular flexibility index (Phi) is 3.92. The first-order valence-corrected chi connectivity index (χ1v) is 7.85. The summed E-state index contributed by atoms with van der Waals surface area (Å²) < 4.78 is 13.3. The normalized spacial score (nSPS) is 27.8. The van der Waals surface area contributed by atoms with Crippen LogP contribution in [-0.4, -0.2) is 5.71 Å². The fraction of sp³-hybridized carbons (Fsp3) is 0.368. The number of rotatable bonds is 1. The van der Waals surface area contributed by atoms with E-state index < -0.39 is 23.1 Å². The van der Waals surface area contributed by atoms with Crippen LogP contribution in [0, 0.1) is 62.5 Å². The molecule has 2 aliphatic carbocycles. The van der Waals surface area contributed by atoms with Gasteiger partial charge in [-0.1, -0.05) is 18.2 Å². The lowest BCUT2D eigenvalue weighted by molar-refractivity contribution is 0.320. The van der Waals surface area contributed by atoms with Crippen LogP contribution in [0.4, 0.5) is 4.39 Å². The molecule has 0 heterocycles. The first-order chi connectivity index (χ1) is 11.6. The van der Waals surface area contributed by atoms with Crippen LogP contribution in [-0.2, 0) is 0 Å². The molecule has 1 N–H and O–H groups in total. The highest BCUT2D eigenvalue weighted by atomic mass is 19.1. The van der Waals surface area contributed by atoms with Crippen molar-refractivity contribution in [3.05, 3.63) is 47.3 Å². The lowest BCUT2D eigenvalue weighted by atomic mass is 9.53. The molecule has 3 rings (SSSR count). The number of nitrogens with zero attached hydrogens (tertiary/aromatic N) is 3. The molecule has 1 aromatic carbocycles. The molecule has 2 aliphatic rings. The number of hydrogen-bond acceptors (Lipinski definition) is 4. The number of nitrogens with one attached hydrogen (secondary N) is 1. The summed E-state index contributed by atoms with van der Waals surface area (Å²) in [4.78, 5) is 0. The van der Waals surface area contributed by atoms with Gasteiger partial charge in [-0.15, -0.1) is 0 Å². The van der Waals surface area contributed by atoms with Gasteiger partial charge in [0, 0.05) is 5.92 Å². The Morgan fingerprint density at radius 2 is 1.79 bits per heavy atom. The third-order valence-electron chi connectivity index (χ3n) is 5.15. The topological polar surface area (TPSA) is 95.2 Å². The van der Waals surface area contributed by atoms with E-state index in [1.165, 1.54) is 12.1 Å². The largest absolute Gasteiger partial charge is 0.305 e. The Labute approximate surface area is 140 Å². The molecule has 1 fully saturated rings. The van der Waals surface area contributed by atoms with E-state index in [4.69, 9.17) is 5.41 Å². The van der Waals surface area contributed by atoms with Crippen LogP contribution in [0.1, 0.15) is 30.7 Å². The minimum atomic E-state index is -1.70. The van der Waals surface area contributed by atoms with Crippen molar-refractivity contribution in [1.82, 2.24) is 0 Å². The second kappa shape index (κ2) is 5.91. The Hall–Kier alpha value is -2.97. The van der Waals surface area contributed by atoms with Crippen molar-refractivity contribution in [2.75, 3.05) is 0 Å². The molecule has 1 aromatic rings. The molecule has 0 aromatic heterocycles. The van der Waals surface area contributed by atoms with Crippen molar-refractivity contribution in [1.29, 1.82) is 21.2 Å². The lowest BCUT2D eigenvalue weighted by Gasteiger charge is -2.45. The summed E-state index contributed by atoms with van der Waals surface area (Å²) in [5.41, 5.74) is -0.353. The minimum Gasteiger partial charge on any atom is -0.305 e. The van der Waals surface area contributed by atoms with Crippen LogP contribution in [0.5, 0.6) is 0 Å². The summed E-state index contributed by atoms with van der Waals surface area (Å²) in [7, 11) is 0. The molecule has 0 saturated heterocycles. The highest BCUT2D eigenvalue weighted by Crippen LogP contribution is 2.55.